The number of carbonyl (C=O) groups excluding carboxylic acids is 1. The van der Waals surface area contributed by atoms with Crippen molar-refractivity contribution in [3.63, 3.8) is 0 Å². The van der Waals surface area contributed by atoms with E-state index in [9.17, 15) is 4.79 Å². The van der Waals surface area contributed by atoms with Crippen LogP contribution >= 0.6 is 0 Å². The van der Waals surface area contributed by atoms with Crippen molar-refractivity contribution in [3.8, 4) is 0 Å². The minimum Gasteiger partial charge on any atom is -0.458 e. The first-order chi connectivity index (χ1) is 7.86. The van der Waals surface area contributed by atoms with E-state index in [1.807, 2.05) is 19.9 Å². The fourth-order valence-corrected chi connectivity index (χ4v) is 1.49. The highest BCUT2D eigenvalue weighted by Gasteiger charge is 1.99. The van der Waals surface area contributed by atoms with Crippen LogP contribution in [-0.2, 0) is 6.42 Å². The lowest BCUT2D eigenvalue weighted by atomic mass is 10.1. The molecule has 2 nitrogen and oxygen atoms in total. The molecule has 0 aliphatic rings. The number of hydrogen-bond donors (Lipinski definition) is 0. The molecule has 0 aliphatic heterocycles. The predicted octanol–water partition coefficient (Wildman–Crippen LogP) is 4.63. The van der Waals surface area contributed by atoms with Crippen LogP contribution in [-0.4, -0.2) is 6.29 Å². The van der Waals surface area contributed by atoms with E-state index in [0.717, 1.165) is 24.9 Å². The van der Waals surface area contributed by atoms with Gasteiger partial charge in [0.05, 0.1) is 0 Å². The average molecular weight is 224 g/mol. The molecule has 16 heavy (non-hydrogen) atoms. The Morgan fingerprint density at radius 1 is 1.12 bits per heavy atom. The van der Waals surface area contributed by atoms with Gasteiger partial charge in [-0.2, -0.15) is 0 Å². The average Bonchev–Trinajstić information content (AvgIpc) is 2.79. The van der Waals surface area contributed by atoms with Crippen LogP contribution in [0, 0.1) is 0 Å². The van der Waals surface area contributed by atoms with Crippen molar-refractivity contribution in [2.45, 2.75) is 59.3 Å². The molecule has 0 amide bonds. The molecule has 0 unspecified atom stereocenters. The van der Waals surface area contributed by atoms with E-state index in [0.29, 0.717) is 5.76 Å². The Labute approximate surface area is 99.0 Å². The van der Waals surface area contributed by atoms with Gasteiger partial charge in [-0.25, -0.2) is 0 Å². The third-order valence-electron chi connectivity index (χ3n) is 2.33. The van der Waals surface area contributed by atoms with E-state index in [1.54, 1.807) is 6.07 Å². The van der Waals surface area contributed by atoms with Crippen LogP contribution in [0.2, 0.25) is 0 Å². The van der Waals surface area contributed by atoms with Gasteiger partial charge in [-0.05, 0) is 18.6 Å². The molecule has 0 N–H and O–H groups in total. The van der Waals surface area contributed by atoms with Gasteiger partial charge in [0.25, 0.3) is 0 Å². The van der Waals surface area contributed by atoms with E-state index in [-0.39, 0.29) is 0 Å². The molecule has 0 spiro atoms. The number of aldehydes is 1. The molecular formula is C14H24O2. The summed E-state index contributed by atoms with van der Waals surface area (Å²) in [5.74, 6) is 1.37. The van der Waals surface area contributed by atoms with Crippen LogP contribution in [0.3, 0.4) is 0 Å². The fraction of sp³-hybridized carbons (Fsp3) is 0.643. The standard InChI is InChI=1S/C12H18O2.C2H6/c1-2-3-4-5-6-7-11-8-9-12(10-13)14-11;1-2/h8-10H,2-7H2,1H3;1-2H3. The highest BCUT2D eigenvalue weighted by atomic mass is 16.3. The summed E-state index contributed by atoms with van der Waals surface area (Å²) >= 11 is 0. The topological polar surface area (TPSA) is 30.2 Å². The Hall–Kier alpha value is -1.05. The van der Waals surface area contributed by atoms with Crippen LogP contribution in [0.15, 0.2) is 16.5 Å². The Bertz CT molecular complexity index is 263. The summed E-state index contributed by atoms with van der Waals surface area (Å²) in [5.41, 5.74) is 0. The summed E-state index contributed by atoms with van der Waals surface area (Å²) < 4.78 is 5.27. The summed E-state index contributed by atoms with van der Waals surface area (Å²) in [6, 6.07) is 3.62. The van der Waals surface area contributed by atoms with Crippen molar-refractivity contribution in [1.82, 2.24) is 0 Å². The SMILES string of the molecule is CC.CCCCCCCc1ccc(C=O)o1. The Kier molecular flexibility index (Phi) is 9.78. The first-order valence-corrected chi connectivity index (χ1v) is 6.40. The summed E-state index contributed by atoms with van der Waals surface area (Å²) in [4.78, 5) is 10.3. The first kappa shape index (κ1) is 14.9. The number of unbranched alkanes of at least 4 members (excludes halogenated alkanes) is 4. The van der Waals surface area contributed by atoms with Crippen molar-refractivity contribution in [3.05, 3.63) is 23.7 Å². The molecule has 0 saturated carbocycles. The molecule has 0 radical (unpaired) electrons. The summed E-state index contributed by atoms with van der Waals surface area (Å²) in [6.45, 7) is 6.21. The monoisotopic (exact) mass is 224 g/mol. The zero-order chi connectivity index (χ0) is 12.2. The molecular weight excluding hydrogens is 200 g/mol. The summed E-state index contributed by atoms with van der Waals surface area (Å²) in [6.07, 6.45) is 8.01. The second kappa shape index (κ2) is 10.5. The minimum atomic E-state index is 0.438. The van der Waals surface area contributed by atoms with Gasteiger partial charge in [0.1, 0.15) is 5.76 Å². The van der Waals surface area contributed by atoms with Gasteiger partial charge >= 0.3 is 0 Å². The van der Waals surface area contributed by atoms with E-state index < -0.39 is 0 Å². The zero-order valence-corrected chi connectivity index (χ0v) is 10.8. The van der Waals surface area contributed by atoms with E-state index >= 15 is 0 Å². The van der Waals surface area contributed by atoms with Gasteiger partial charge in [0, 0.05) is 6.42 Å². The van der Waals surface area contributed by atoms with E-state index in [2.05, 4.69) is 6.92 Å². The van der Waals surface area contributed by atoms with Gasteiger partial charge in [-0.15, -0.1) is 0 Å². The third-order valence-corrected chi connectivity index (χ3v) is 2.33. The number of aryl methyl sites for hydroxylation is 1. The number of furan rings is 1. The molecule has 0 bridgehead atoms. The Balaban J connectivity index is 0.00000106. The van der Waals surface area contributed by atoms with Crippen molar-refractivity contribution < 1.29 is 9.21 Å². The van der Waals surface area contributed by atoms with Crippen LogP contribution < -0.4 is 0 Å². The van der Waals surface area contributed by atoms with Crippen molar-refractivity contribution >= 4 is 6.29 Å². The van der Waals surface area contributed by atoms with Gasteiger partial charge in [-0.3, -0.25) is 4.79 Å². The molecule has 1 aromatic heterocycles. The third kappa shape index (κ3) is 6.44. The Morgan fingerprint density at radius 3 is 2.38 bits per heavy atom. The maximum absolute atomic E-state index is 10.3. The lowest BCUT2D eigenvalue weighted by Gasteiger charge is -1.97. The fourth-order valence-electron chi connectivity index (χ4n) is 1.49. The summed E-state index contributed by atoms with van der Waals surface area (Å²) in [5, 5.41) is 0. The molecule has 92 valence electrons. The number of carbonyl (C=O) groups is 1. The van der Waals surface area contributed by atoms with Crippen LogP contribution in [0.5, 0.6) is 0 Å². The van der Waals surface area contributed by atoms with E-state index in [1.165, 1.54) is 25.7 Å². The second-order valence-electron chi connectivity index (χ2n) is 3.59. The molecule has 0 saturated heterocycles. The lowest BCUT2D eigenvalue weighted by molar-refractivity contribution is 0.109. The number of hydrogen-bond acceptors (Lipinski definition) is 2. The van der Waals surface area contributed by atoms with Crippen molar-refractivity contribution in [2.75, 3.05) is 0 Å². The normalized spacial score (nSPS) is 9.44. The molecule has 1 aromatic rings. The summed E-state index contributed by atoms with van der Waals surface area (Å²) in [7, 11) is 0. The van der Waals surface area contributed by atoms with E-state index in [4.69, 9.17) is 4.42 Å². The van der Waals surface area contributed by atoms with Gasteiger partial charge in [0.15, 0.2) is 12.0 Å². The quantitative estimate of drug-likeness (QED) is 0.499. The van der Waals surface area contributed by atoms with Crippen molar-refractivity contribution in [2.24, 2.45) is 0 Å². The molecule has 1 heterocycles. The molecule has 0 aromatic carbocycles. The molecule has 0 atom stereocenters. The van der Waals surface area contributed by atoms with Gasteiger partial charge < -0.3 is 4.42 Å². The van der Waals surface area contributed by atoms with Crippen LogP contribution in [0.4, 0.5) is 0 Å². The van der Waals surface area contributed by atoms with Crippen molar-refractivity contribution in [1.29, 1.82) is 0 Å². The van der Waals surface area contributed by atoms with Crippen LogP contribution in [0.25, 0.3) is 0 Å². The molecule has 2 heteroatoms. The lowest BCUT2D eigenvalue weighted by Crippen LogP contribution is -1.83. The zero-order valence-electron chi connectivity index (χ0n) is 10.8. The molecule has 1 rings (SSSR count). The predicted molar refractivity (Wildman–Crippen MR) is 67.9 cm³/mol. The smallest absolute Gasteiger partial charge is 0.185 e. The maximum Gasteiger partial charge on any atom is 0.185 e. The largest absolute Gasteiger partial charge is 0.458 e. The first-order valence-electron chi connectivity index (χ1n) is 6.40. The van der Waals surface area contributed by atoms with Gasteiger partial charge in [0.2, 0.25) is 0 Å². The van der Waals surface area contributed by atoms with Gasteiger partial charge in [-0.1, -0.05) is 46.5 Å². The minimum absolute atomic E-state index is 0.438. The maximum atomic E-state index is 10.3. The molecule has 0 fully saturated rings. The highest BCUT2D eigenvalue weighted by molar-refractivity contribution is 5.70. The Morgan fingerprint density at radius 2 is 1.81 bits per heavy atom. The molecule has 0 aliphatic carbocycles. The highest BCUT2D eigenvalue weighted by Crippen LogP contribution is 2.11. The van der Waals surface area contributed by atoms with Crippen LogP contribution in [0.1, 0.15) is 69.2 Å². The number of rotatable bonds is 7. The second-order valence-corrected chi connectivity index (χ2v) is 3.59.